The van der Waals surface area contributed by atoms with Gasteiger partial charge in [-0.3, -0.25) is 0 Å². The summed E-state index contributed by atoms with van der Waals surface area (Å²) in [7, 11) is 0. The first-order chi connectivity index (χ1) is 6.36. The lowest BCUT2D eigenvalue weighted by Gasteiger charge is -2.14. The topological polar surface area (TPSA) is 27.8 Å². The number of aromatic amines is 1. The van der Waals surface area contributed by atoms with Crippen LogP contribution in [0.1, 0.15) is 11.1 Å². The molecule has 2 heterocycles. The third-order valence-electron chi connectivity index (χ3n) is 2.60. The Bertz CT molecular complexity index is 473. The molecule has 0 fully saturated rings. The first-order valence-corrected chi connectivity index (χ1v) is 5.13. The molecule has 66 valence electrons. The molecule has 1 aromatic heterocycles. The third-order valence-corrected chi connectivity index (χ3v) is 3.34. The number of nitrogens with one attached hydrogen (secondary N) is 2. The zero-order valence-electron chi connectivity index (χ0n) is 7.02. The van der Waals surface area contributed by atoms with Gasteiger partial charge in [-0.1, -0.05) is 15.9 Å². The van der Waals surface area contributed by atoms with Crippen molar-refractivity contribution in [1.82, 2.24) is 10.3 Å². The monoisotopic (exact) mass is 236 g/mol. The second-order valence-corrected chi connectivity index (χ2v) is 4.22. The molecule has 0 spiro atoms. The van der Waals surface area contributed by atoms with Gasteiger partial charge in [-0.2, -0.15) is 0 Å². The van der Waals surface area contributed by atoms with Crippen molar-refractivity contribution < 1.29 is 0 Å². The van der Waals surface area contributed by atoms with E-state index < -0.39 is 0 Å². The normalized spacial score (nSPS) is 15.2. The Morgan fingerprint density at radius 2 is 2.15 bits per heavy atom. The highest BCUT2D eigenvalue weighted by atomic mass is 79.9. The van der Waals surface area contributed by atoms with E-state index in [0.29, 0.717) is 0 Å². The smallest absolute Gasteiger partial charge is 0.0461 e. The first kappa shape index (κ1) is 7.59. The molecule has 2 nitrogen and oxygen atoms in total. The molecule has 0 aliphatic carbocycles. The minimum absolute atomic E-state index is 0.961. The van der Waals surface area contributed by atoms with E-state index in [-0.39, 0.29) is 0 Å². The molecule has 2 aromatic rings. The van der Waals surface area contributed by atoms with E-state index in [2.05, 4.69) is 44.6 Å². The molecule has 0 atom stereocenters. The summed E-state index contributed by atoms with van der Waals surface area (Å²) in [5, 5.41) is 4.77. The fourth-order valence-corrected chi connectivity index (χ4v) is 2.45. The van der Waals surface area contributed by atoms with Gasteiger partial charge in [0.15, 0.2) is 0 Å². The lowest BCUT2D eigenvalue weighted by molar-refractivity contribution is 0.682. The van der Waals surface area contributed by atoms with Crippen LogP contribution in [0, 0.1) is 0 Å². The van der Waals surface area contributed by atoms with Crippen LogP contribution in [0.5, 0.6) is 0 Å². The van der Waals surface area contributed by atoms with Gasteiger partial charge < -0.3 is 10.3 Å². The highest BCUT2D eigenvalue weighted by molar-refractivity contribution is 9.10. The molecule has 0 saturated carbocycles. The van der Waals surface area contributed by atoms with Crippen molar-refractivity contribution in [1.29, 1.82) is 0 Å². The van der Waals surface area contributed by atoms with E-state index >= 15 is 0 Å². The minimum Gasteiger partial charge on any atom is -0.361 e. The van der Waals surface area contributed by atoms with E-state index in [4.69, 9.17) is 0 Å². The molecule has 1 aliphatic rings. The van der Waals surface area contributed by atoms with Crippen molar-refractivity contribution in [2.45, 2.75) is 13.1 Å². The van der Waals surface area contributed by atoms with Gasteiger partial charge >= 0.3 is 0 Å². The van der Waals surface area contributed by atoms with Gasteiger partial charge in [0, 0.05) is 34.7 Å². The van der Waals surface area contributed by atoms with Crippen molar-refractivity contribution >= 4 is 26.8 Å². The molecular formula is C10H9BrN2. The van der Waals surface area contributed by atoms with Crippen LogP contribution in [0.4, 0.5) is 0 Å². The van der Waals surface area contributed by atoms with Gasteiger partial charge in [-0.05, 0) is 23.3 Å². The lowest BCUT2D eigenvalue weighted by atomic mass is 10.0. The molecular weight excluding hydrogens is 228 g/mol. The largest absolute Gasteiger partial charge is 0.361 e. The average molecular weight is 237 g/mol. The molecule has 2 N–H and O–H groups in total. The quantitative estimate of drug-likeness (QED) is 0.723. The molecule has 0 bridgehead atoms. The van der Waals surface area contributed by atoms with Crippen LogP contribution in [0.3, 0.4) is 0 Å². The molecule has 0 unspecified atom stereocenters. The Labute approximate surface area is 84.5 Å². The summed E-state index contributed by atoms with van der Waals surface area (Å²) in [6, 6.07) is 4.22. The van der Waals surface area contributed by atoms with Crippen molar-refractivity contribution in [2.24, 2.45) is 0 Å². The number of H-pyrrole nitrogens is 1. The summed E-state index contributed by atoms with van der Waals surface area (Å²) < 4.78 is 1.20. The Balaban J connectivity index is 2.50. The molecule has 1 aromatic carbocycles. The van der Waals surface area contributed by atoms with E-state index in [1.807, 2.05) is 0 Å². The predicted molar refractivity (Wildman–Crippen MR) is 56.5 cm³/mol. The van der Waals surface area contributed by atoms with Gasteiger partial charge in [-0.15, -0.1) is 0 Å². The summed E-state index contributed by atoms with van der Waals surface area (Å²) in [6.07, 6.45) is 2.09. The number of benzene rings is 1. The van der Waals surface area contributed by atoms with E-state index in [1.165, 1.54) is 26.5 Å². The van der Waals surface area contributed by atoms with Crippen LogP contribution in [0.25, 0.3) is 10.9 Å². The van der Waals surface area contributed by atoms with Crippen molar-refractivity contribution in [2.75, 3.05) is 0 Å². The summed E-state index contributed by atoms with van der Waals surface area (Å²) in [5.41, 5.74) is 3.99. The molecule has 1 aliphatic heterocycles. The lowest BCUT2D eigenvalue weighted by Crippen LogP contribution is -2.17. The fourth-order valence-electron chi connectivity index (χ4n) is 1.98. The molecule has 0 saturated heterocycles. The maximum atomic E-state index is 3.58. The van der Waals surface area contributed by atoms with Crippen LogP contribution in [0.2, 0.25) is 0 Å². The molecule has 3 heteroatoms. The second-order valence-electron chi connectivity index (χ2n) is 3.37. The number of hydrogen-bond acceptors (Lipinski definition) is 1. The van der Waals surface area contributed by atoms with Crippen LogP contribution in [0.15, 0.2) is 22.8 Å². The first-order valence-electron chi connectivity index (χ1n) is 4.34. The molecule has 3 rings (SSSR count). The maximum Gasteiger partial charge on any atom is 0.0461 e. The van der Waals surface area contributed by atoms with Gasteiger partial charge in [-0.25, -0.2) is 0 Å². The van der Waals surface area contributed by atoms with Crippen molar-refractivity contribution in [3.8, 4) is 0 Å². The SMILES string of the molecule is Brc1ccc2[nH]cc3c2c1CNC3. The maximum absolute atomic E-state index is 3.58. The van der Waals surface area contributed by atoms with Crippen molar-refractivity contribution in [3.63, 3.8) is 0 Å². The van der Waals surface area contributed by atoms with Crippen LogP contribution in [-0.2, 0) is 13.1 Å². The van der Waals surface area contributed by atoms with Gasteiger partial charge in [0.25, 0.3) is 0 Å². The summed E-state index contributed by atoms with van der Waals surface area (Å²) in [5.74, 6) is 0. The van der Waals surface area contributed by atoms with Crippen molar-refractivity contribution in [3.05, 3.63) is 33.9 Å². The van der Waals surface area contributed by atoms with E-state index in [0.717, 1.165) is 13.1 Å². The molecule has 13 heavy (non-hydrogen) atoms. The standard InChI is InChI=1S/C10H9BrN2/c11-8-1-2-9-10-6(4-13-9)3-12-5-7(8)10/h1-2,4,12-13H,3,5H2. The highest BCUT2D eigenvalue weighted by Crippen LogP contribution is 2.31. The number of hydrogen-bond donors (Lipinski definition) is 2. The number of aromatic nitrogens is 1. The van der Waals surface area contributed by atoms with E-state index in [1.54, 1.807) is 0 Å². The zero-order valence-corrected chi connectivity index (χ0v) is 8.61. The summed E-state index contributed by atoms with van der Waals surface area (Å²) >= 11 is 3.58. The number of rotatable bonds is 0. The Morgan fingerprint density at radius 1 is 1.23 bits per heavy atom. The summed E-state index contributed by atoms with van der Waals surface area (Å²) in [4.78, 5) is 3.29. The summed E-state index contributed by atoms with van der Waals surface area (Å²) in [6.45, 7) is 1.94. The molecule has 0 radical (unpaired) electrons. The van der Waals surface area contributed by atoms with Crippen LogP contribution < -0.4 is 5.32 Å². The predicted octanol–water partition coefficient (Wildman–Crippen LogP) is 2.53. The average Bonchev–Trinajstić information content (AvgIpc) is 2.57. The van der Waals surface area contributed by atoms with E-state index in [9.17, 15) is 0 Å². The Morgan fingerprint density at radius 3 is 3.08 bits per heavy atom. The minimum atomic E-state index is 0.961. The highest BCUT2D eigenvalue weighted by Gasteiger charge is 2.15. The third kappa shape index (κ3) is 0.974. The Kier molecular flexibility index (Phi) is 1.51. The molecule has 0 amide bonds. The zero-order chi connectivity index (χ0) is 8.84. The van der Waals surface area contributed by atoms with Crippen LogP contribution in [-0.4, -0.2) is 4.98 Å². The Hall–Kier alpha value is -0.800. The van der Waals surface area contributed by atoms with Crippen LogP contribution >= 0.6 is 15.9 Å². The van der Waals surface area contributed by atoms with Gasteiger partial charge in [0.1, 0.15) is 0 Å². The van der Waals surface area contributed by atoms with Gasteiger partial charge in [0.2, 0.25) is 0 Å². The van der Waals surface area contributed by atoms with Gasteiger partial charge in [0.05, 0.1) is 0 Å². The number of halogens is 1. The fraction of sp³-hybridized carbons (Fsp3) is 0.200. The second kappa shape index (κ2) is 2.59.